The molecule has 0 aliphatic rings. The first-order valence-corrected chi connectivity index (χ1v) is 6.93. The van der Waals surface area contributed by atoms with Crippen LogP contribution in [0.15, 0.2) is 34.1 Å². The van der Waals surface area contributed by atoms with Crippen molar-refractivity contribution in [1.82, 2.24) is 0 Å². The Balaban J connectivity index is 2.07. The highest BCUT2D eigenvalue weighted by molar-refractivity contribution is 9.10. The molecule has 0 aliphatic carbocycles. The van der Waals surface area contributed by atoms with Crippen molar-refractivity contribution in [3.05, 3.63) is 49.6 Å². The molecule has 0 fully saturated rings. The van der Waals surface area contributed by atoms with Crippen molar-refractivity contribution in [2.45, 2.75) is 13.5 Å². The number of aryl methyl sites for hydroxylation is 1. The van der Waals surface area contributed by atoms with Gasteiger partial charge in [-0.05, 0) is 46.6 Å². The molecule has 0 saturated carbocycles. The van der Waals surface area contributed by atoms with Crippen LogP contribution in [0.3, 0.4) is 0 Å². The van der Waals surface area contributed by atoms with Gasteiger partial charge < -0.3 is 5.32 Å². The number of anilines is 1. The van der Waals surface area contributed by atoms with Crippen LogP contribution in [-0.4, -0.2) is 0 Å². The van der Waals surface area contributed by atoms with Crippen molar-refractivity contribution in [1.29, 1.82) is 0 Å². The van der Waals surface area contributed by atoms with Crippen molar-refractivity contribution in [2.24, 2.45) is 0 Å². The number of rotatable bonds is 3. The SMILES string of the molecule is Cc1ccc(Cl)c(NCc2cc(Br)cs2)c1. The molecule has 1 heterocycles. The third kappa shape index (κ3) is 3.00. The van der Waals surface area contributed by atoms with E-state index in [4.69, 9.17) is 11.6 Å². The van der Waals surface area contributed by atoms with E-state index < -0.39 is 0 Å². The van der Waals surface area contributed by atoms with Crippen LogP contribution in [0, 0.1) is 6.92 Å². The molecular formula is C12H11BrClNS. The molecule has 0 bridgehead atoms. The predicted molar refractivity (Wildman–Crippen MR) is 75.5 cm³/mol. The molecular weight excluding hydrogens is 306 g/mol. The van der Waals surface area contributed by atoms with Gasteiger partial charge in [-0.3, -0.25) is 0 Å². The molecule has 0 radical (unpaired) electrons. The van der Waals surface area contributed by atoms with Gasteiger partial charge in [0.15, 0.2) is 0 Å². The molecule has 0 saturated heterocycles. The Bertz CT molecular complexity index is 496. The van der Waals surface area contributed by atoms with E-state index in [-0.39, 0.29) is 0 Å². The summed E-state index contributed by atoms with van der Waals surface area (Å²) in [5.74, 6) is 0. The number of hydrogen-bond acceptors (Lipinski definition) is 2. The van der Waals surface area contributed by atoms with E-state index in [1.54, 1.807) is 11.3 Å². The Hall–Kier alpha value is -0.510. The van der Waals surface area contributed by atoms with E-state index >= 15 is 0 Å². The second kappa shape index (κ2) is 5.21. The smallest absolute Gasteiger partial charge is 0.0637 e. The van der Waals surface area contributed by atoms with Crippen molar-refractivity contribution in [2.75, 3.05) is 5.32 Å². The molecule has 1 aromatic heterocycles. The molecule has 1 aromatic carbocycles. The van der Waals surface area contributed by atoms with Crippen LogP contribution in [-0.2, 0) is 6.54 Å². The van der Waals surface area contributed by atoms with E-state index in [1.165, 1.54) is 10.4 Å². The first-order valence-electron chi connectivity index (χ1n) is 4.88. The summed E-state index contributed by atoms with van der Waals surface area (Å²) >= 11 is 11.3. The lowest BCUT2D eigenvalue weighted by atomic mass is 10.2. The van der Waals surface area contributed by atoms with Gasteiger partial charge in [0.25, 0.3) is 0 Å². The molecule has 0 aliphatic heterocycles. The maximum absolute atomic E-state index is 6.10. The highest BCUT2D eigenvalue weighted by Crippen LogP contribution is 2.25. The summed E-state index contributed by atoms with van der Waals surface area (Å²) in [6.45, 7) is 2.86. The Kier molecular flexibility index (Phi) is 3.90. The lowest BCUT2D eigenvalue weighted by Gasteiger charge is -2.07. The summed E-state index contributed by atoms with van der Waals surface area (Å²) in [6.07, 6.45) is 0. The van der Waals surface area contributed by atoms with Crippen LogP contribution < -0.4 is 5.32 Å². The first-order chi connectivity index (χ1) is 7.65. The predicted octanol–water partition coefficient (Wildman–Crippen LogP) is 5.08. The topological polar surface area (TPSA) is 12.0 Å². The number of nitrogens with one attached hydrogen (secondary N) is 1. The van der Waals surface area contributed by atoms with E-state index in [0.717, 1.165) is 21.7 Å². The minimum absolute atomic E-state index is 0.765. The van der Waals surface area contributed by atoms with Crippen LogP contribution in [0.1, 0.15) is 10.4 Å². The van der Waals surface area contributed by atoms with Crippen molar-refractivity contribution in [3.8, 4) is 0 Å². The molecule has 1 N–H and O–H groups in total. The quantitative estimate of drug-likeness (QED) is 0.832. The zero-order valence-electron chi connectivity index (χ0n) is 8.76. The third-order valence-electron chi connectivity index (χ3n) is 2.20. The highest BCUT2D eigenvalue weighted by Gasteiger charge is 2.01. The maximum Gasteiger partial charge on any atom is 0.0637 e. The van der Waals surface area contributed by atoms with Gasteiger partial charge in [-0.15, -0.1) is 11.3 Å². The first kappa shape index (κ1) is 12.0. The number of halogens is 2. The van der Waals surface area contributed by atoms with E-state index in [9.17, 15) is 0 Å². The molecule has 84 valence electrons. The highest BCUT2D eigenvalue weighted by atomic mass is 79.9. The fourth-order valence-electron chi connectivity index (χ4n) is 1.40. The molecule has 16 heavy (non-hydrogen) atoms. The van der Waals surface area contributed by atoms with Gasteiger partial charge in [-0.1, -0.05) is 17.7 Å². The summed E-state index contributed by atoms with van der Waals surface area (Å²) < 4.78 is 1.13. The van der Waals surface area contributed by atoms with Crippen LogP contribution in [0.25, 0.3) is 0 Å². The zero-order valence-corrected chi connectivity index (χ0v) is 11.9. The minimum atomic E-state index is 0.765. The number of thiophene rings is 1. The lowest BCUT2D eigenvalue weighted by Crippen LogP contribution is -1.98. The second-order valence-electron chi connectivity index (χ2n) is 3.57. The normalized spacial score (nSPS) is 10.4. The third-order valence-corrected chi connectivity index (χ3v) is 4.22. The van der Waals surface area contributed by atoms with Gasteiger partial charge in [-0.25, -0.2) is 0 Å². The fraction of sp³-hybridized carbons (Fsp3) is 0.167. The molecule has 0 spiro atoms. The summed E-state index contributed by atoms with van der Waals surface area (Å²) in [6, 6.07) is 8.10. The van der Waals surface area contributed by atoms with E-state index in [2.05, 4.69) is 45.7 Å². The van der Waals surface area contributed by atoms with Gasteiger partial charge in [0.05, 0.1) is 10.7 Å². The standard InChI is InChI=1S/C12H11BrClNS/c1-8-2-3-11(14)12(4-8)15-6-10-5-9(13)7-16-10/h2-5,7,15H,6H2,1H3. The maximum atomic E-state index is 6.10. The van der Waals surface area contributed by atoms with Crippen LogP contribution in [0.4, 0.5) is 5.69 Å². The van der Waals surface area contributed by atoms with Crippen molar-refractivity contribution < 1.29 is 0 Å². The Morgan fingerprint density at radius 3 is 2.88 bits per heavy atom. The second-order valence-corrected chi connectivity index (χ2v) is 5.89. The van der Waals surface area contributed by atoms with Gasteiger partial charge >= 0.3 is 0 Å². The molecule has 1 nitrogen and oxygen atoms in total. The molecule has 4 heteroatoms. The van der Waals surface area contributed by atoms with Gasteiger partial charge in [0.2, 0.25) is 0 Å². The Morgan fingerprint density at radius 1 is 1.38 bits per heavy atom. The van der Waals surface area contributed by atoms with Crippen molar-refractivity contribution in [3.63, 3.8) is 0 Å². The minimum Gasteiger partial charge on any atom is -0.379 e. The summed E-state index contributed by atoms with van der Waals surface area (Å²) in [5, 5.41) is 6.18. The molecule has 0 atom stereocenters. The molecule has 2 rings (SSSR count). The molecule has 0 unspecified atom stereocenters. The van der Waals surface area contributed by atoms with Crippen molar-refractivity contribution >= 4 is 44.6 Å². The Morgan fingerprint density at radius 2 is 2.19 bits per heavy atom. The summed E-state index contributed by atoms with van der Waals surface area (Å²) in [4.78, 5) is 1.28. The number of hydrogen-bond donors (Lipinski definition) is 1. The number of benzene rings is 1. The van der Waals surface area contributed by atoms with Crippen LogP contribution in [0.5, 0.6) is 0 Å². The zero-order chi connectivity index (χ0) is 11.5. The monoisotopic (exact) mass is 315 g/mol. The average molecular weight is 317 g/mol. The van der Waals surface area contributed by atoms with E-state index in [1.807, 2.05) is 12.1 Å². The average Bonchev–Trinajstić information content (AvgIpc) is 2.66. The summed E-state index contributed by atoms with van der Waals surface area (Å²) in [7, 11) is 0. The largest absolute Gasteiger partial charge is 0.379 e. The van der Waals surface area contributed by atoms with E-state index in [0.29, 0.717) is 0 Å². The fourth-order valence-corrected chi connectivity index (χ4v) is 2.98. The van der Waals surface area contributed by atoms with Gasteiger partial charge in [0, 0.05) is 21.3 Å². The Labute approximate surface area is 113 Å². The van der Waals surface area contributed by atoms with Crippen LogP contribution in [0.2, 0.25) is 5.02 Å². The van der Waals surface area contributed by atoms with Crippen LogP contribution >= 0.6 is 38.9 Å². The van der Waals surface area contributed by atoms with Gasteiger partial charge in [0.1, 0.15) is 0 Å². The molecule has 2 aromatic rings. The van der Waals surface area contributed by atoms with Gasteiger partial charge in [-0.2, -0.15) is 0 Å². The lowest BCUT2D eigenvalue weighted by molar-refractivity contribution is 1.19. The molecule has 0 amide bonds. The summed E-state index contributed by atoms with van der Waals surface area (Å²) in [5.41, 5.74) is 2.20.